The molecule has 1 amide bonds. The van der Waals surface area contributed by atoms with Crippen LogP contribution in [0.4, 0.5) is 0 Å². The lowest BCUT2D eigenvalue weighted by Crippen LogP contribution is -2.37. The van der Waals surface area contributed by atoms with E-state index in [-0.39, 0.29) is 0 Å². The van der Waals surface area contributed by atoms with E-state index in [0.717, 1.165) is 32.0 Å². The maximum Gasteiger partial charge on any atom is 0.224 e. The number of carbonyl (C=O) groups is 1. The van der Waals surface area contributed by atoms with E-state index in [4.69, 9.17) is 0 Å². The number of thiazole rings is 1. The monoisotopic (exact) mass is 293 g/mol. The van der Waals surface area contributed by atoms with Gasteiger partial charge in [-0.1, -0.05) is 13.8 Å². The molecule has 0 saturated carbocycles. The number of aromatic nitrogens is 1. The first-order valence-electron chi connectivity index (χ1n) is 7.56. The van der Waals surface area contributed by atoms with Crippen molar-refractivity contribution in [3.8, 4) is 0 Å². The van der Waals surface area contributed by atoms with Crippen molar-refractivity contribution >= 4 is 17.2 Å². The van der Waals surface area contributed by atoms with Crippen molar-refractivity contribution in [2.45, 2.75) is 51.7 Å². The lowest BCUT2D eigenvalue weighted by Gasteiger charge is -2.25. The van der Waals surface area contributed by atoms with Crippen LogP contribution in [0.15, 0.2) is 11.7 Å². The Hall–Kier alpha value is -0.940. The van der Waals surface area contributed by atoms with E-state index >= 15 is 0 Å². The predicted octanol–water partition coefficient (Wildman–Crippen LogP) is 2.36. The van der Waals surface area contributed by atoms with Crippen molar-refractivity contribution in [3.05, 3.63) is 16.6 Å². The van der Waals surface area contributed by atoms with Crippen LogP contribution in [-0.2, 0) is 11.3 Å². The fraction of sp³-hybridized carbons (Fsp3) is 0.733. The summed E-state index contributed by atoms with van der Waals surface area (Å²) < 4.78 is 0. The summed E-state index contributed by atoms with van der Waals surface area (Å²) in [5.74, 6) is 1.06. The van der Waals surface area contributed by atoms with Gasteiger partial charge in [0, 0.05) is 36.1 Å². The molecule has 1 aromatic rings. The second kappa shape index (κ2) is 5.82. The third-order valence-electron chi connectivity index (χ3n) is 4.53. The molecular formula is C15H23N3OS. The lowest BCUT2D eigenvalue weighted by atomic mass is 10.1. The van der Waals surface area contributed by atoms with Crippen LogP contribution in [0.25, 0.3) is 0 Å². The highest BCUT2D eigenvalue weighted by atomic mass is 32.1. The van der Waals surface area contributed by atoms with E-state index in [1.807, 2.05) is 11.7 Å². The van der Waals surface area contributed by atoms with Crippen molar-refractivity contribution < 1.29 is 4.79 Å². The Kier molecular flexibility index (Phi) is 4.08. The fourth-order valence-electron chi connectivity index (χ4n) is 3.40. The molecule has 0 spiro atoms. The Bertz CT molecular complexity index is 460. The quantitative estimate of drug-likeness (QED) is 0.836. The average Bonchev–Trinajstić information content (AvgIpc) is 3.08. The second-order valence-corrected chi connectivity index (χ2v) is 7.31. The summed E-state index contributed by atoms with van der Waals surface area (Å²) in [4.78, 5) is 22.2. The van der Waals surface area contributed by atoms with E-state index in [1.165, 1.54) is 11.3 Å². The molecule has 3 heterocycles. The number of nitrogens with zero attached hydrogens (tertiary/aromatic N) is 3. The Morgan fingerprint density at radius 2 is 2.30 bits per heavy atom. The Morgan fingerprint density at radius 3 is 3.00 bits per heavy atom. The van der Waals surface area contributed by atoms with E-state index in [0.29, 0.717) is 24.4 Å². The molecule has 4 nitrogen and oxygen atoms in total. The number of likely N-dealkylation sites (tertiary alicyclic amines) is 2. The summed E-state index contributed by atoms with van der Waals surface area (Å²) in [6.45, 7) is 7.57. The molecule has 0 unspecified atom stereocenters. The van der Waals surface area contributed by atoms with Gasteiger partial charge in [-0.3, -0.25) is 14.7 Å². The van der Waals surface area contributed by atoms with Crippen LogP contribution < -0.4 is 0 Å². The highest BCUT2D eigenvalue weighted by Crippen LogP contribution is 2.34. The number of rotatable bonds is 5. The average molecular weight is 293 g/mol. The van der Waals surface area contributed by atoms with Crippen LogP contribution in [0.5, 0.6) is 0 Å². The lowest BCUT2D eigenvalue weighted by molar-refractivity contribution is -0.129. The molecule has 2 aliphatic heterocycles. The molecule has 0 aromatic carbocycles. The molecule has 0 bridgehead atoms. The summed E-state index contributed by atoms with van der Waals surface area (Å²) in [6.07, 6.45) is 4.96. The van der Waals surface area contributed by atoms with Gasteiger partial charge in [0.15, 0.2) is 0 Å². The van der Waals surface area contributed by atoms with Crippen LogP contribution in [0.2, 0.25) is 0 Å². The number of hydrogen-bond acceptors (Lipinski definition) is 4. The van der Waals surface area contributed by atoms with Gasteiger partial charge in [-0.2, -0.15) is 0 Å². The van der Waals surface area contributed by atoms with Gasteiger partial charge in [0.2, 0.25) is 5.91 Å². The third kappa shape index (κ3) is 2.74. The topological polar surface area (TPSA) is 36.4 Å². The number of carbonyl (C=O) groups excluding carboxylic acids is 1. The molecule has 2 atom stereocenters. The zero-order valence-electron chi connectivity index (χ0n) is 12.3. The molecule has 2 aliphatic rings. The zero-order valence-corrected chi connectivity index (χ0v) is 13.1. The normalized spacial score (nSPS) is 26.8. The third-order valence-corrected chi connectivity index (χ3v) is 5.30. The minimum absolute atomic E-state index is 0.322. The first kappa shape index (κ1) is 14.0. The van der Waals surface area contributed by atoms with Gasteiger partial charge in [0.25, 0.3) is 0 Å². The minimum Gasteiger partial charge on any atom is -0.333 e. The highest BCUT2D eigenvalue weighted by molar-refractivity contribution is 7.09. The van der Waals surface area contributed by atoms with Crippen molar-refractivity contribution in [2.75, 3.05) is 13.1 Å². The van der Waals surface area contributed by atoms with Crippen LogP contribution in [0, 0.1) is 5.92 Å². The smallest absolute Gasteiger partial charge is 0.224 e. The van der Waals surface area contributed by atoms with E-state index in [1.54, 1.807) is 11.3 Å². The van der Waals surface area contributed by atoms with Crippen LogP contribution in [-0.4, -0.2) is 45.9 Å². The van der Waals surface area contributed by atoms with Crippen LogP contribution >= 0.6 is 11.3 Å². The first-order valence-corrected chi connectivity index (χ1v) is 8.44. The van der Waals surface area contributed by atoms with E-state index in [9.17, 15) is 4.79 Å². The second-order valence-electron chi connectivity index (χ2n) is 6.34. The Labute approximate surface area is 124 Å². The minimum atomic E-state index is 0.322. The molecule has 3 rings (SSSR count). The van der Waals surface area contributed by atoms with Gasteiger partial charge in [-0.15, -0.1) is 11.3 Å². The van der Waals surface area contributed by atoms with Crippen molar-refractivity contribution in [1.29, 1.82) is 0 Å². The molecule has 5 heteroatoms. The summed E-state index contributed by atoms with van der Waals surface area (Å²) >= 11 is 1.64. The van der Waals surface area contributed by atoms with Gasteiger partial charge in [0.05, 0.1) is 12.1 Å². The molecule has 2 saturated heterocycles. The van der Waals surface area contributed by atoms with E-state index < -0.39 is 0 Å². The summed E-state index contributed by atoms with van der Waals surface area (Å²) in [5.41, 5.74) is 1.84. The molecule has 2 fully saturated rings. The standard InChI is InChI=1S/C15H23N3OS/c1-11(2)3-5-17-6-4-13-14(17)7-15(19)18(13)9-12-8-16-10-20-12/h8,10-11,13-14H,3-7,9H2,1-2H3/t13-,14-/m0/s1. The fourth-order valence-corrected chi connectivity index (χ4v) is 4.00. The first-order chi connectivity index (χ1) is 9.65. The molecule has 0 aliphatic carbocycles. The van der Waals surface area contributed by atoms with Crippen molar-refractivity contribution in [3.63, 3.8) is 0 Å². The van der Waals surface area contributed by atoms with Crippen LogP contribution in [0.3, 0.4) is 0 Å². The summed E-state index contributed by atoms with van der Waals surface area (Å²) in [5, 5.41) is 0. The van der Waals surface area contributed by atoms with Gasteiger partial charge in [-0.05, 0) is 25.3 Å². The Morgan fingerprint density at radius 1 is 1.45 bits per heavy atom. The van der Waals surface area contributed by atoms with Gasteiger partial charge in [-0.25, -0.2) is 0 Å². The molecule has 20 heavy (non-hydrogen) atoms. The molecule has 0 radical (unpaired) electrons. The number of fused-ring (bicyclic) bond motifs is 1. The molecule has 1 aromatic heterocycles. The maximum absolute atomic E-state index is 12.3. The van der Waals surface area contributed by atoms with Gasteiger partial charge >= 0.3 is 0 Å². The van der Waals surface area contributed by atoms with Crippen LogP contribution in [0.1, 0.15) is 38.0 Å². The molecular weight excluding hydrogens is 270 g/mol. The number of hydrogen-bond donors (Lipinski definition) is 0. The predicted molar refractivity (Wildman–Crippen MR) is 80.5 cm³/mol. The highest BCUT2D eigenvalue weighted by Gasteiger charge is 2.46. The summed E-state index contributed by atoms with van der Waals surface area (Å²) in [7, 11) is 0. The van der Waals surface area contributed by atoms with Gasteiger partial charge in [0.1, 0.15) is 0 Å². The number of amides is 1. The Balaban J connectivity index is 1.64. The maximum atomic E-state index is 12.3. The largest absolute Gasteiger partial charge is 0.333 e. The van der Waals surface area contributed by atoms with Crippen molar-refractivity contribution in [2.24, 2.45) is 5.92 Å². The SMILES string of the molecule is CC(C)CCN1CC[C@H]2[C@@H]1CC(=O)N2Cc1cncs1. The molecule has 110 valence electrons. The van der Waals surface area contributed by atoms with E-state index in [2.05, 4.69) is 28.6 Å². The summed E-state index contributed by atoms with van der Waals surface area (Å²) in [6, 6.07) is 0.880. The molecule has 0 N–H and O–H groups in total. The zero-order chi connectivity index (χ0) is 14.1. The van der Waals surface area contributed by atoms with Gasteiger partial charge < -0.3 is 4.90 Å². The van der Waals surface area contributed by atoms with Crippen molar-refractivity contribution in [1.82, 2.24) is 14.8 Å².